The highest BCUT2D eigenvalue weighted by atomic mass is 16.3. The summed E-state index contributed by atoms with van der Waals surface area (Å²) in [5.41, 5.74) is 2.76. The highest BCUT2D eigenvalue weighted by Crippen LogP contribution is 2.42. The number of hydrogen-bond acceptors (Lipinski definition) is 1. The molecule has 0 saturated heterocycles. The molecule has 2 heteroatoms. The molecular formula is C18H31NO. The molecule has 1 aliphatic rings. The molecule has 0 bridgehead atoms. The molecule has 0 fully saturated rings. The Kier molecular flexibility index (Phi) is 4.95. The van der Waals surface area contributed by atoms with Gasteiger partial charge in [-0.25, -0.2) is 0 Å². The van der Waals surface area contributed by atoms with Crippen molar-refractivity contribution in [2.24, 2.45) is 5.41 Å². The summed E-state index contributed by atoms with van der Waals surface area (Å²) in [6.45, 7) is 9.11. The van der Waals surface area contributed by atoms with Crippen LogP contribution >= 0.6 is 0 Å². The van der Waals surface area contributed by atoms with Gasteiger partial charge in [0, 0.05) is 23.5 Å². The molecule has 2 nitrogen and oxygen atoms in total. The van der Waals surface area contributed by atoms with Gasteiger partial charge in [0.15, 0.2) is 0 Å². The van der Waals surface area contributed by atoms with Gasteiger partial charge >= 0.3 is 0 Å². The number of aromatic nitrogens is 1. The van der Waals surface area contributed by atoms with Gasteiger partial charge in [-0.3, -0.25) is 0 Å². The maximum absolute atomic E-state index is 10.3. The van der Waals surface area contributed by atoms with Gasteiger partial charge in [0.1, 0.15) is 0 Å². The number of aliphatic hydroxyl groups excluding tert-OH is 1. The van der Waals surface area contributed by atoms with Crippen molar-refractivity contribution in [3.63, 3.8) is 0 Å². The van der Waals surface area contributed by atoms with Crippen LogP contribution in [0.3, 0.4) is 0 Å². The summed E-state index contributed by atoms with van der Waals surface area (Å²) in [5.74, 6) is 0. The lowest BCUT2D eigenvalue weighted by atomic mass is 9.75. The fourth-order valence-electron chi connectivity index (χ4n) is 3.57. The normalized spacial score (nSPS) is 22.6. The number of fused-ring (bicyclic) bond motifs is 1. The summed E-state index contributed by atoms with van der Waals surface area (Å²) in [4.78, 5) is 0. The van der Waals surface area contributed by atoms with Gasteiger partial charge in [0.2, 0.25) is 0 Å². The van der Waals surface area contributed by atoms with Gasteiger partial charge in [-0.15, -0.1) is 0 Å². The summed E-state index contributed by atoms with van der Waals surface area (Å²) in [5, 5.41) is 10.3. The fraction of sp³-hybridized carbons (Fsp3) is 0.778. The van der Waals surface area contributed by atoms with Crippen LogP contribution in [0.4, 0.5) is 0 Å². The highest BCUT2D eigenvalue weighted by Gasteiger charge is 2.33. The third-order valence-corrected chi connectivity index (χ3v) is 4.76. The molecule has 1 aromatic rings. The summed E-state index contributed by atoms with van der Waals surface area (Å²) in [7, 11) is 0. The summed E-state index contributed by atoms with van der Waals surface area (Å²) < 4.78 is 2.42. The molecule has 0 spiro atoms. The van der Waals surface area contributed by atoms with E-state index in [2.05, 4.69) is 44.5 Å². The number of unbranched alkanes of at least 4 members (excludes halogenated alkanes) is 3. The smallest absolute Gasteiger partial charge is 0.0812 e. The van der Waals surface area contributed by atoms with Gasteiger partial charge in [0.05, 0.1) is 6.10 Å². The van der Waals surface area contributed by atoms with Crippen LogP contribution in [0.2, 0.25) is 0 Å². The molecule has 1 N–H and O–H groups in total. The first kappa shape index (κ1) is 15.6. The van der Waals surface area contributed by atoms with Crippen molar-refractivity contribution in [2.45, 2.75) is 84.8 Å². The minimum atomic E-state index is -0.276. The molecule has 0 saturated carbocycles. The maximum Gasteiger partial charge on any atom is 0.0812 e. The number of hydrogen-bond donors (Lipinski definition) is 1. The lowest BCUT2D eigenvalue weighted by molar-refractivity contribution is 0.0974. The molecule has 20 heavy (non-hydrogen) atoms. The van der Waals surface area contributed by atoms with E-state index in [-0.39, 0.29) is 11.5 Å². The molecule has 1 aliphatic carbocycles. The number of nitrogens with zero attached hydrogens (tertiary/aromatic N) is 1. The molecule has 2 atom stereocenters. The first-order chi connectivity index (χ1) is 9.44. The number of rotatable bonds is 6. The molecule has 1 heterocycles. The van der Waals surface area contributed by atoms with Crippen LogP contribution in [-0.4, -0.2) is 9.67 Å². The zero-order valence-corrected chi connectivity index (χ0v) is 13.7. The van der Waals surface area contributed by atoms with Crippen LogP contribution in [0.1, 0.15) is 89.6 Å². The van der Waals surface area contributed by atoms with E-state index in [1.807, 2.05) is 0 Å². The molecule has 0 aromatic carbocycles. The molecule has 2 rings (SSSR count). The van der Waals surface area contributed by atoms with Crippen LogP contribution in [0, 0.1) is 5.41 Å². The zero-order chi connectivity index (χ0) is 14.8. The van der Waals surface area contributed by atoms with E-state index in [1.165, 1.54) is 43.4 Å². The van der Waals surface area contributed by atoms with Gasteiger partial charge < -0.3 is 9.67 Å². The molecule has 0 aliphatic heterocycles. The zero-order valence-electron chi connectivity index (χ0n) is 13.7. The summed E-state index contributed by atoms with van der Waals surface area (Å²) in [6, 6.07) is 2.69. The second-order valence-corrected chi connectivity index (χ2v) is 7.38. The molecule has 1 aromatic heterocycles. The second kappa shape index (κ2) is 6.34. The Balaban J connectivity index is 2.06. The quantitative estimate of drug-likeness (QED) is 0.725. The van der Waals surface area contributed by atoms with Crippen LogP contribution in [0.5, 0.6) is 0 Å². The first-order valence-corrected chi connectivity index (χ1v) is 8.32. The van der Waals surface area contributed by atoms with Crippen molar-refractivity contribution in [1.82, 2.24) is 4.57 Å². The van der Waals surface area contributed by atoms with Crippen LogP contribution in [-0.2, 0) is 6.42 Å². The van der Waals surface area contributed by atoms with Crippen LogP contribution in [0.25, 0.3) is 0 Å². The lowest BCUT2D eigenvalue weighted by Crippen LogP contribution is -2.27. The van der Waals surface area contributed by atoms with E-state index in [0.717, 1.165) is 12.8 Å². The summed E-state index contributed by atoms with van der Waals surface area (Å²) in [6.07, 6.45) is 10.4. The van der Waals surface area contributed by atoms with Crippen molar-refractivity contribution in [2.75, 3.05) is 0 Å². The third-order valence-electron chi connectivity index (χ3n) is 4.76. The SMILES string of the molecule is CCCCCCC(C)n1ccc2c1CC(C)(C)CC2O. The topological polar surface area (TPSA) is 25.2 Å². The average Bonchev–Trinajstić information content (AvgIpc) is 2.76. The molecule has 114 valence electrons. The van der Waals surface area contributed by atoms with E-state index in [4.69, 9.17) is 0 Å². The van der Waals surface area contributed by atoms with Gasteiger partial charge in [-0.2, -0.15) is 0 Å². The number of aliphatic hydroxyl groups is 1. The van der Waals surface area contributed by atoms with E-state index >= 15 is 0 Å². The Morgan fingerprint density at radius 3 is 2.80 bits per heavy atom. The van der Waals surface area contributed by atoms with Crippen molar-refractivity contribution < 1.29 is 5.11 Å². The third kappa shape index (κ3) is 3.46. The van der Waals surface area contributed by atoms with E-state index < -0.39 is 0 Å². The van der Waals surface area contributed by atoms with Crippen LogP contribution < -0.4 is 0 Å². The largest absolute Gasteiger partial charge is 0.388 e. The molecule has 2 unspecified atom stereocenters. The highest BCUT2D eigenvalue weighted by molar-refractivity contribution is 5.29. The van der Waals surface area contributed by atoms with Crippen molar-refractivity contribution in [3.05, 3.63) is 23.5 Å². The fourth-order valence-corrected chi connectivity index (χ4v) is 3.57. The van der Waals surface area contributed by atoms with E-state index in [0.29, 0.717) is 6.04 Å². The Labute approximate surface area is 124 Å². The monoisotopic (exact) mass is 277 g/mol. The Bertz CT molecular complexity index is 433. The Hall–Kier alpha value is -0.760. The van der Waals surface area contributed by atoms with Gasteiger partial charge in [-0.1, -0.05) is 46.5 Å². The first-order valence-electron chi connectivity index (χ1n) is 8.32. The molecular weight excluding hydrogens is 246 g/mol. The molecule has 0 radical (unpaired) electrons. The predicted octanol–water partition coefficient (Wildman–Crippen LogP) is 5.03. The lowest BCUT2D eigenvalue weighted by Gasteiger charge is -2.34. The van der Waals surface area contributed by atoms with Gasteiger partial charge in [-0.05, 0) is 37.7 Å². The van der Waals surface area contributed by atoms with Crippen LogP contribution in [0.15, 0.2) is 12.3 Å². The van der Waals surface area contributed by atoms with Gasteiger partial charge in [0.25, 0.3) is 0 Å². The van der Waals surface area contributed by atoms with Crippen molar-refractivity contribution in [3.8, 4) is 0 Å². The standard InChI is InChI=1S/C18H31NO/c1-5-6-7-8-9-14(2)19-11-10-15-16(19)12-18(3,4)13-17(15)20/h10-11,14,17,20H,5-9,12-13H2,1-4H3. The Morgan fingerprint density at radius 2 is 2.10 bits per heavy atom. The maximum atomic E-state index is 10.3. The van der Waals surface area contributed by atoms with Crippen molar-refractivity contribution >= 4 is 0 Å². The van der Waals surface area contributed by atoms with E-state index in [9.17, 15) is 5.11 Å². The average molecular weight is 277 g/mol. The Morgan fingerprint density at radius 1 is 1.35 bits per heavy atom. The minimum absolute atomic E-state index is 0.213. The minimum Gasteiger partial charge on any atom is -0.388 e. The summed E-state index contributed by atoms with van der Waals surface area (Å²) >= 11 is 0. The molecule has 0 amide bonds. The van der Waals surface area contributed by atoms with E-state index in [1.54, 1.807) is 0 Å². The van der Waals surface area contributed by atoms with Crippen molar-refractivity contribution in [1.29, 1.82) is 0 Å². The predicted molar refractivity (Wildman–Crippen MR) is 85.0 cm³/mol. The second-order valence-electron chi connectivity index (χ2n) is 7.38.